The van der Waals surface area contributed by atoms with E-state index in [1.807, 2.05) is 0 Å². The molecule has 25 heavy (non-hydrogen) atoms. The number of carbonyl (C=O) groups is 2. The van der Waals surface area contributed by atoms with Gasteiger partial charge >= 0.3 is 6.09 Å². The van der Waals surface area contributed by atoms with Crippen LogP contribution >= 0.6 is 11.3 Å². The lowest BCUT2D eigenvalue weighted by atomic mass is 10.1. The van der Waals surface area contributed by atoms with Crippen LogP contribution in [0.4, 0.5) is 9.18 Å². The first-order chi connectivity index (χ1) is 11.8. The van der Waals surface area contributed by atoms with Crippen molar-refractivity contribution in [3.63, 3.8) is 0 Å². The van der Waals surface area contributed by atoms with Gasteiger partial charge in [0.2, 0.25) is 0 Å². The maximum Gasteiger partial charge on any atom is 0.407 e. The van der Waals surface area contributed by atoms with E-state index < -0.39 is 11.7 Å². The Bertz CT molecular complexity index is 738. The maximum atomic E-state index is 13.0. The lowest BCUT2D eigenvalue weighted by molar-refractivity contribution is 0.0526. The van der Waals surface area contributed by atoms with Gasteiger partial charge in [-0.05, 0) is 38.5 Å². The average Bonchev–Trinajstić information content (AvgIpc) is 3.00. The van der Waals surface area contributed by atoms with Gasteiger partial charge in [0.05, 0.1) is 10.4 Å². The van der Waals surface area contributed by atoms with Crippen LogP contribution in [0.15, 0.2) is 29.8 Å². The summed E-state index contributed by atoms with van der Waals surface area (Å²) in [6, 6.07) is 5.87. The Morgan fingerprint density at radius 1 is 1.16 bits per heavy atom. The van der Waals surface area contributed by atoms with E-state index in [0.717, 1.165) is 5.56 Å². The van der Waals surface area contributed by atoms with E-state index in [1.54, 1.807) is 38.4 Å². The standard InChI is InChI=1S/C17H20FN3O3S/c1-17(2,3)24-16(23)20-9-8-19-15(22)13-14(25-10-21-13)11-4-6-12(18)7-5-11/h4-7,10H,8-9H2,1-3H3,(H,19,22)(H,20,23). The van der Waals surface area contributed by atoms with Crippen LogP contribution in [-0.2, 0) is 4.74 Å². The summed E-state index contributed by atoms with van der Waals surface area (Å²) in [6.45, 7) is 5.78. The molecule has 0 aliphatic carbocycles. The van der Waals surface area contributed by atoms with Crippen LogP contribution in [0.1, 0.15) is 31.3 Å². The summed E-state index contributed by atoms with van der Waals surface area (Å²) in [5, 5.41) is 5.24. The smallest absolute Gasteiger partial charge is 0.407 e. The number of alkyl carbamates (subject to hydrolysis) is 1. The summed E-state index contributed by atoms with van der Waals surface area (Å²) in [4.78, 5) is 28.5. The molecule has 0 spiro atoms. The summed E-state index contributed by atoms with van der Waals surface area (Å²) in [5.74, 6) is -0.695. The molecule has 2 aromatic rings. The lowest BCUT2D eigenvalue weighted by Gasteiger charge is -2.19. The molecule has 0 saturated heterocycles. The molecule has 1 heterocycles. The fourth-order valence-electron chi connectivity index (χ4n) is 1.95. The van der Waals surface area contributed by atoms with Gasteiger partial charge in [0.15, 0.2) is 0 Å². The van der Waals surface area contributed by atoms with E-state index in [9.17, 15) is 14.0 Å². The highest BCUT2D eigenvalue weighted by Gasteiger charge is 2.17. The third kappa shape index (κ3) is 5.82. The normalized spacial score (nSPS) is 11.0. The third-order valence-electron chi connectivity index (χ3n) is 2.97. The number of halogens is 1. The fraction of sp³-hybridized carbons (Fsp3) is 0.353. The molecule has 2 N–H and O–H groups in total. The number of benzene rings is 1. The average molecular weight is 365 g/mol. The van der Waals surface area contributed by atoms with E-state index in [0.29, 0.717) is 4.88 Å². The molecule has 2 amide bonds. The van der Waals surface area contributed by atoms with Crippen molar-refractivity contribution in [1.82, 2.24) is 15.6 Å². The van der Waals surface area contributed by atoms with Crippen molar-refractivity contribution < 1.29 is 18.7 Å². The van der Waals surface area contributed by atoms with Crippen LogP contribution in [0.2, 0.25) is 0 Å². The van der Waals surface area contributed by atoms with Gasteiger partial charge < -0.3 is 15.4 Å². The first-order valence-corrected chi connectivity index (χ1v) is 8.59. The van der Waals surface area contributed by atoms with Crippen LogP contribution < -0.4 is 10.6 Å². The molecule has 2 rings (SSSR count). The molecule has 0 aliphatic rings. The molecule has 0 radical (unpaired) electrons. The van der Waals surface area contributed by atoms with Gasteiger partial charge in [-0.2, -0.15) is 0 Å². The zero-order valence-electron chi connectivity index (χ0n) is 14.3. The summed E-state index contributed by atoms with van der Waals surface area (Å²) in [5.41, 5.74) is 1.99. The molecule has 1 aromatic carbocycles. The van der Waals surface area contributed by atoms with Gasteiger partial charge in [-0.1, -0.05) is 12.1 Å². The van der Waals surface area contributed by atoms with Crippen LogP contribution in [0.25, 0.3) is 10.4 Å². The maximum absolute atomic E-state index is 13.0. The Labute approximate surface area is 149 Å². The van der Waals surface area contributed by atoms with Gasteiger partial charge in [0.1, 0.15) is 17.1 Å². The fourth-order valence-corrected chi connectivity index (χ4v) is 2.75. The first kappa shape index (κ1) is 18.9. The minimum absolute atomic E-state index is 0.233. The zero-order valence-corrected chi connectivity index (χ0v) is 15.1. The molecule has 0 bridgehead atoms. The highest BCUT2D eigenvalue weighted by atomic mass is 32.1. The number of ether oxygens (including phenoxy) is 1. The molecular formula is C17H20FN3O3S. The van der Waals surface area contributed by atoms with E-state index in [4.69, 9.17) is 4.74 Å². The van der Waals surface area contributed by atoms with Crippen molar-refractivity contribution in [2.45, 2.75) is 26.4 Å². The van der Waals surface area contributed by atoms with E-state index >= 15 is 0 Å². The summed E-state index contributed by atoms with van der Waals surface area (Å²) < 4.78 is 18.1. The van der Waals surface area contributed by atoms with E-state index in [1.165, 1.54) is 23.5 Å². The number of amides is 2. The topological polar surface area (TPSA) is 80.3 Å². The number of aromatic nitrogens is 1. The molecule has 0 atom stereocenters. The molecule has 8 heteroatoms. The third-order valence-corrected chi connectivity index (χ3v) is 3.84. The highest BCUT2D eigenvalue weighted by molar-refractivity contribution is 7.13. The second-order valence-electron chi connectivity index (χ2n) is 6.22. The molecule has 134 valence electrons. The van der Waals surface area contributed by atoms with E-state index in [2.05, 4.69) is 15.6 Å². The lowest BCUT2D eigenvalue weighted by Crippen LogP contribution is -2.38. The van der Waals surface area contributed by atoms with Crippen LogP contribution in [0.3, 0.4) is 0 Å². The molecule has 6 nitrogen and oxygen atoms in total. The molecule has 0 aliphatic heterocycles. The zero-order chi connectivity index (χ0) is 18.4. The van der Waals surface area contributed by atoms with Gasteiger partial charge in [-0.25, -0.2) is 14.2 Å². The number of thiazole rings is 1. The van der Waals surface area contributed by atoms with Crippen molar-refractivity contribution in [3.05, 3.63) is 41.3 Å². The van der Waals surface area contributed by atoms with Crippen molar-refractivity contribution in [2.24, 2.45) is 0 Å². The van der Waals surface area contributed by atoms with Gasteiger partial charge in [-0.15, -0.1) is 11.3 Å². The monoisotopic (exact) mass is 365 g/mol. The Morgan fingerprint density at radius 2 is 1.80 bits per heavy atom. The summed E-state index contributed by atoms with van der Waals surface area (Å²) >= 11 is 1.30. The molecule has 0 fully saturated rings. The number of carbonyl (C=O) groups excluding carboxylic acids is 2. The Hall–Kier alpha value is -2.48. The number of hydrogen-bond acceptors (Lipinski definition) is 5. The SMILES string of the molecule is CC(C)(C)OC(=O)NCCNC(=O)c1ncsc1-c1ccc(F)cc1. The van der Waals surface area contributed by atoms with Crippen LogP contribution in [0.5, 0.6) is 0 Å². The Kier molecular flexibility index (Phi) is 6.08. The van der Waals surface area contributed by atoms with E-state index in [-0.39, 0.29) is 30.5 Å². The Morgan fingerprint density at radius 3 is 2.44 bits per heavy atom. The van der Waals surface area contributed by atoms with Gasteiger partial charge in [0.25, 0.3) is 5.91 Å². The van der Waals surface area contributed by atoms with Gasteiger partial charge in [-0.3, -0.25) is 4.79 Å². The number of nitrogens with zero attached hydrogens (tertiary/aromatic N) is 1. The van der Waals surface area contributed by atoms with Crippen molar-refractivity contribution >= 4 is 23.3 Å². The highest BCUT2D eigenvalue weighted by Crippen LogP contribution is 2.27. The second kappa shape index (κ2) is 8.06. The number of nitrogens with one attached hydrogen (secondary N) is 2. The summed E-state index contributed by atoms with van der Waals surface area (Å²) in [7, 11) is 0. The van der Waals surface area contributed by atoms with Crippen molar-refractivity contribution in [1.29, 1.82) is 0 Å². The Balaban J connectivity index is 1.87. The minimum atomic E-state index is -0.571. The molecule has 0 unspecified atom stereocenters. The van der Waals surface area contributed by atoms with Crippen LogP contribution in [0, 0.1) is 5.82 Å². The summed E-state index contributed by atoms with van der Waals surface area (Å²) in [6.07, 6.45) is -0.539. The molecular weight excluding hydrogens is 345 g/mol. The van der Waals surface area contributed by atoms with Crippen molar-refractivity contribution in [3.8, 4) is 10.4 Å². The molecule has 0 saturated carbocycles. The van der Waals surface area contributed by atoms with Crippen molar-refractivity contribution in [2.75, 3.05) is 13.1 Å². The number of rotatable bonds is 5. The largest absolute Gasteiger partial charge is 0.444 e. The number of hydrogen-bond donors (Lipinski definition) is 2. The quantitative estimate of drug-likeness (QED) is 0.798. The van der Waals surface area contributed by atoms with Crippen LogP contribution in [-0.4, -0.2) is 35.7 Å². The first-order valence-electron chi connectivity index (χ1n) is 7.71. The van der Waals surface area contributed by atoms with Gasteiger partial charge in [0, 0.05) is 13.1 Å². The predicted octanol–water partition coefficient (Wildman–Crippen LogP) is 3.20. The second-order valence-corrected chi connectivity index (χ2v) is 7.08. The minimum Gasteiger partial charge on any atom is -0.444 e. The molecule has 1 aromatic heterocycles. The predicted molar refractivity (Wildman–Crippen MR) is 94.1 cm³/mol.